The second kappa shape index (κ2) is 11.3. The number of ether oxygens (including phenoxy) is 2. The highest BCUT2D eigenvalue weighted by Gasteiger charge is 2.48. The summed E-state index contributed by atoms with van der Waals surface area (Å²) in [5.74, 6) is -0.911. The Kier molecular flexibility index (Phi) is 7.62. The minimum atomic E-state index is -0.993. The Morgan fingerprint density at radius 3 is 2.41 bits per heavy atom. The van der Waals surface area contributed by atoms with Crippen LogP contribution in [-0.4, -0.2) is 41.2 Å². The van der Waals surface area contributed by atoms with Gasteiger partial charge in [0.2, 0.25) is 5.13 Å². The minimum absolute atomic E-state index is 0.0749. The smallest absolute Gasteiger partial charge is 0.301 e. The lowest BCUT2D eigenvalue weighted by atomic mass is 9.95. The van der Waals surface area contributed by atoms with Crippen molar-refractivity contribution in [2.24, 2.45) is 0 Å². The third-order valence-corrected chi connectivity index (χ3v) is 8.22. The number of halogens is 1. The van der Waals surface area contributed by atoms with Gasteiger partial charge in [0.05, 0.1) is 25.8 Å². The Morgan fingerprint density at radius 2 is 1.72 bits per heavy atom. The van der Waals surface area contributed by atoms with Gasteiger partial charge in [-0.05, 0) is 35.4 Å². The fraction of sp³-hybridized carbons (Fsp3) is 0.143. The molecule has 4 aromatic rings. The van der Waals surface area contributed by atoms with E-state index in [9.17, 15) is 19.1 Å². The van der Waals surface area contributed by atoms with Crippen molar-refractivity contribution in [1.82, 2.24) is 10.2 Å². The number of methoxy groups -OCH3 is 2. The molecule has 1 amide bonds. The Bertz CT molecular complexity index is 1560. The number of benzene rings is 3. The van der Waals surface area contributed by atoms with Crippen molar-refractivity contribution in [3.05, 3.63) is 101 Å². The summed E-state index contributed by atoms with van der Waals surface area (Å²) in [5.41, 5.74) is 1.73. The molecule has 1 atom stereocenters. The molecular weight excluding hydrogens is 541 g/mol. The van der Waals surface area contributed by atoms with Crippen molar-refractivity contribution in [2.45, 2.75) is 16.1 Å². The van der Waals surface area contributed by atoms with Crippen LogP contribution in [0.4, 0.5) is 9.52 Å². The number of aliphatic hydroxyl groups is 1. The Labute approximate surface area is 231 Å². The van der Waals surface area contributed by atoms with E-state index < -0.39 is 17.7 Å². The van der Waals surface area contributed by atoms with Crippen molar-refractivity contribution in [2.75, 3.05) is 19.1 Å². The van der Waals surface area contributed by atoms with Crippen LogP contribution in [0.3, 0.4) is 0 Å². The molecule has 5 rings (SSSR count). The van der Waals surface area contributed by atoms with Crippen LogP contribution in [0, 0.1) is 5.82 Å². The Hall–Kier alpha value is -4.22. The highest BCUT2D eigenvalue weighted by Crippen LogP contribution is 2.45. The number of amides is 1. The number of thioether (sulfide) groups is 1. The lowest BCUT2D eigenvalue weighted by Crippen LogP contribution is -2.29. The van der Waals surface area contributed by atoms with Gasteiger partial charge in [-0.15, -0.1) is 10.2 Å². The molecular formula is C28H22FN3O5S2. The molecule has 39 heavy (non-hydrogen) atoms. The number of nitrogens with zero attached hydrogens (tertiary/aromatic N) is 3. The van der Waals surface area contributed by atoms with Crippen molar-refractivity contribution in [3.8, 4) is 11.5 Å². The molecule has 0 saturated carbocycles. The first kappa shape index (κ1) is 26.4. The van der Waals surface area contributed by atoms with Crippen molar-refractivity contribution in [1.29, 1.82) is 0 Å². The zero-order valence-corrected chi connectivity index (χ0v) is 22.5. The number of Topliss-reactive ketones (excluding diaryl/α,β-unsaturated/α-hetero) is 1. The van der Waals surface area contributed by atoms with Crippen LogP contribution < -0.4 is 14.4 Å². The van der Waals surface area contributed by atoms with Gasteiger partial charge in [0.25, 0.3) is 5.78 Å². The summed E-state index contributed by atoms with van der Waals surface area (Å²) in [6, 6.07) is 18.7. The number of hydrogen-bond donors (Lipinski definition) is 1. The van der Waals surface area contributed by atoms with Gasteiger partial charge in [-0.2, -0.15) is 0 Å². The molecule has 1 saturated heterocycles. The van der Waals surface area contributed by atoms with Gasteiger partial charge >= 0.3 is 5.91 Å². The molecule has 0 radical (unpaired) electrons. The molecule has 1 N–H and O–H groups in total. The number of carbonyl (C=O) groups is 2. The van der Waals surface area contributed by atoms with Gasteiger partial charge in [-0.3, -0.25) is 14.5 Å². The highest BCUT2D eigenvalue weighted by atomic mass is 32.2. The minimum Gasteiger partial charge on any atom is -0.507 e. The highest BCUT2D eigenvalue weighted by molar-refractivity contribution is 8.00. The van der Waals surface area contributed by atoms with Gasteiger partial charge in [-0.25, -0.2) is 4.39 Å². The molecule has 8 nitrogen and oxygen atoms in total. The quantitative estimate of drug-likeness (QED) is 0.0970. The first-order valence-electron chi connectivity index (χ1n) is 11.7. The van der Waals surface area contributed by atoms with E-state index in [2.05, 4.69) is 10.2 Å². The maximum Gasteiger partial charge on any atom is 0.301 e. The lowest BCUT2D eigenvalue weighted by molar-refractivity contribution is -0.132. The number of hydrogen-bond acceptors (Lipinski definition) is 9. The normalized spacial score (nSPS) is 16.5. The van der Waals surface area contributed by atoms with Crippen LogP contribution in [0.2, 0.25) is 0 Å². The average molecular weight is 564 g/mol. The standard InChI is InChI=1S/C28H22FN3O5S2/c1-36-20-13-10-18(14-21(20)37-2)23-22(24(33)17-6-4-3-5-7-17)25(34)26(35)32(23)27-30-31-28(39-27)38-15-16-8-11-19(29)12-9-16/h3-14,23,33H,15H2,1-2H3/t23-/m1/s1. The van der Waals surface area contributed by atoms with Crippen LogP contribution >= 0.6 is 23.1 Å². The van der Waals surface area contributed by atoms with Crippen LogP contribution in [-0.2, 0) is 15.3 Å². The SMILES string of the molecule is COc1ccc([C@@H]2C(=C(O)c3ccccc3)C(=O)C(=O)N2c2nnc(SCc3ccc(F)cc3)s2)cc1OC. The molecule has 0 spiro atoms. The van der Waals surface area contributed by atoms with Gasteiger partial charge in [0.15, 0.2) is 15.8 Å². The molecule has 198 valence electrons. The molecule has 2 heterocycles. The van der Waals surface area contributed by atoms with E-state index in [1.165, 1.54) is 43.0 Å². The third kappa shape index (κ3) is 5.23. The summed E-state index contributed by atoms with van der Waals surface area (Å²) in [5, 5.41) is 19.8. The molecule has 1 aliphatic rings. The predicted octanol–water partition coefficient (Wildman–Crippen LogP) is 5.61. The number of aromatic nitrogens is 2. The summed E-state index contributed by atoms with van der Waals surface area (Å²) in [6.07, 6.45) is 0. The van der Waals surface area contributed by atoms with Crippen LogP contribution in [0.15, 0.2) is 82.7 Å². The van der Waals surface area contributed by atoms with Gasteiger partial charge in [-0.1, -0.05) is 71.6 Å². The molecule has 1 aromatic heterocycles. The van der Waals surface area contributed by atoms with Crippen LogP contribution in [0.25, 0.3) is 5.76 Å². The second-order valence-electron chi connectivity index (χ2n) is 8.42. The Balaban J connectivity index is 1.56. The van der Waals surface area contributed by atoms with E-state index in [0.29, 0.717) is 32.7 Å². The van der Waals surface area contributed by atoms with Gasteiger partial charge in [0, 0.05) is 11.3 Å². The zero-order chi connectivity index (χ0) is 27.5. The third-order valence-electron chi connectivity index (χ3n) is 6.09. The topological polar surface area (TPSA) is 102 Å². The summed E-state index contributed by atoms with van der Waals surface area (Å²) in [7, 11) is 2.99. The van der Waals surface area contributed by atoms with Crippen molar-refractivity contribution < 1.29 is 28.6 Å². The average Bonchev–Trinajstić information content (AvgIpc) is 3.54. The van der Waals surface area contributed by atoms with Gasteiger partial charge < -0.3 is 14.6 Å². The zero-order valence-electron chi connectivity index (χ0n) is 20.8. The number of ketones is 1. The summed E-state index contributed by atoms with van der Waals surface area (Å²) in [4.78, 5) is 28.0. The van der Waals surface area contributed by atoms with Crippen LogP contribution in [0.1, 0.15) is 22.7 Å². The van der Waals surface area contributed by atoms with E-state index in [1.54, 1.807) is 60.7 Å². The molecule has 11 heteroatoms. The fourth-order valence-electron chi connectivity index (χ4n) is 4.20. The first-order valence-corrected chi connectivity index (χ1v) is 13.5. The molecule has 1 aliphatic heterocycles. The van der Waals surface area contributed by atoms with E-state index in [1.807, 2.05) is 0 Å². The maximum absolute atomic E-state index is 13.4. The number of rotatable bonds is 8. The summed E-state index contributed by atoms with van der Waals surface area (Å²) >= 11 is 2.52. The van der Waals surface area contributed by atoms with Crippen molar-refractivity contribution in [3.63, 3.8) is 0 Å². The second-order valence-corrected chi connectivity index (χ2v) is 10.6. The largest absolute Gasteiger partial charge is 0.507 e. The van der Waals surface area contributed by atoms with Crippen molar-refractivity contribution >= 4 is 45.7 Å². The molecule has 0 bridgehead atoms. The van der Waals surface area contributed by atoms with E-state index in [-0.39, 0.29) is 22.3 Å². The monoisotopic (exact) mass is 563 g/mol. The molecule has 0 unspecified atom stereocenters. The van der Waals surface area contributed by atoms with Crippen LogP contribution in [0.5, 0.6) is 11.5 Å². The number of carbonyl (C=O) groups excluding carboxylic acids is 2. The van der Waals surface area contributed by atoms with E-state index in [4.69, 9.17) is 9.47 Å². The summed E-state index contributed by atoms with van der Waals surface area (Å²) in [6.45, 7) is 0. The maximum atomic E-state index is 13.4. The first-order chi connectivity index (χ1) is 18.9. The lowest BCUT2D eigenvalue weighted by Gasteiger charge is -2.23. The Morgan fingerprint density at radius 1 is 1.00 bits per heavy atom. The molecule has 1 fully saturated rings. The molecule has 0 aliphatic carbocycles. The van der Waals surface area contributed by atoms with E-state index in [0.717, 1.165) is 16.9 Å². The van der Waals surface area contributed by atoms with Gasteiger partial charge in [0.1, 0.15) is 11.6 Å². The van der Waals surface area contributed by atoms with E-state index >= 15 is 0 Å². The molecule has 3 aromatic carbocycles. The summed E-state index contributed by atoms with van der Waals surface area (Å²) < 4.78 is 24.6. The number of aliphatic hydroxyl groups excluding tert-OH is 1. The fourth-order valence-corrected chi connectivity index (χ4v) is 6.03. The predicted molar refractivity (Wildman–Crippen MR) is 147 cm³/mol. The number of anilines is 1.